The van der Waals surface area contributed by atoms with E-state index < -0.39 is 0 Å². The highest BCUT2D eigenvalue weighted by Crippen LogP contribution is 2.14. The van der Waals surface area contributed by atoms with Crippen LogP contribution in [0.15, 0.2) is 41.4 Å². The van der Waals surface area contributed by atoms with Crippen LogP contribution in [0, 0.1) is 0 Å². The smallest absolute Gasteiger partial charge is 0.191 e. The number of fused-ring (bicyclic) bond motifs is 1. The number of anilines is 1. The minimum absolute atomic E-state index is 0.211. The molecule has 0 amide bonds. The first kappa shape index (κ1) is 18.0. The Kier molecular flexibility index (Phi) is 7.29. The van der Waals surface area contributed by atoms with Crippen molar-refractivity contribution in [2.24, 2.45) is 4.99 Å². The number of pyridine rings is 1. The molecule has 0 radical (unpaired) electrons. The van der Waals surface area contributed by atoms with E-state index in [4.69, 9.17) is 4.74 Å². The van der Waals surface area contributed by atoms with Gasteiger partial charge in [-0.2, -0.15) is 0 Å². The number of methoxy groups -OCH3 is 1. The lowest BCUT2D eigenvalue weighted by atomic mass is 10.2. The van der Waals surface area contributed by atoms with Gasteiger partial charge in [-0.15, -0.1) is 0 Å². The molecule has 1 heterocycles. The highest BCUT2D eigenvalue weighted by Gasteiger charge is 2.04. The van der Waals surface area contributed by atoms with Gasteiger partial charge in [-0.25, -0.2) is 4.98 Å². The SMILES string of the molecule is CCNC(=NCCNc1ccc2ccccc2n1)NC(C)COC. The molecule has 0 spiro atoms. The highest BCUT2D eigenvalue weighted by molar-refractivity contribution is 5.80. The predicted octanol–water partition coefficient (Wildman–Crippen LogP) is 2.24. The Labute approximate surface area is 143 Å². The summed E-state index contributed by atoms with van der Waals surface area (Å²) < 4.78 is 5.14. The van der Waals surface area contributed by atoms with Gasteiger partial charge in [-0.1, -0.05) is 18.2 Å². The molecule has 0 aliphatic carbocycles. The summed E-state index contributed by atoms with van der Waals surface area (Å²) in [6.07, 6.45) is 0. The summed E-state index contributed by atoms with van der Waals surface area (Å²) in [7, 11) is 1.70. The van der Waals surface area contributed by atoms with Gasteiger partial charge in [0.15, 0.2) is 5.96 Å². The average molecular weight is 329 g/mol. The van der Waals surface area contributed by atoms with Crippen molar-refractivity contribution in [3.05, 3.63) is 36.4 Å². The van der Waals surface area contributed by atoms with Crippen LogP contribution in [-0.4, -0.2) is 50.3 Å². The van der Waals surface area contributed by atoms with Gasteiger partial charge in [0.2, 0.25) is 0 Å². The highest BCUT2D eigenvalue weighted by atomic mass is 16.5. The molecular formula is C18H27N5O. The molecule has 0 bridgehead atoms. The van der Waals surface area contributed by atoms with Crippen LogP contribution in [0.4, 0.5) is 5.82 Å². The molecule has 0 saturated heterocycles. The van der Waals surface area contributed by atoms with E-state index in [0.717, 1.165) is 35.8 Å². The van der Waals surface area contributed by atoms with Gasteiger partial charge >= 0.3 is 0 Å². The normalized spacial score (nSPS) is 12.9. The van der Waals surface area contributed by atoms with Crippen LogP contribution in [0.2, 0.25) is 0 Å². The van der Waals surface area contributed by atoms with Crippen molar-refractivity contribution in [3.63, 3.8) is 0 Å². The number of para-hydroxylation sites is 1. The maximum Gasteiger partial charge on any atom is 0.191 e. The fourth-order valence-electron chi connectivity index (χ4n) is 2.36. The molecule has 2 rings (SSSR count). The number of aliphatic imine (C=N–C) groups is 1. The van der Waals surface area contributed by atoms with Gasteiger partial charge in [-0.05, 0) is 32.0 Å². The average Bonchev–Trinajstić information content (AvgIpc) is 2.59. The Bertz CT molecular complexity index is 659. The lowest BCUT2D eigenvalue weighted by Gasteiger charge is -2.17. The molecule has 1 aromatic heterocycles. The standard InChI is InChI=1S/C18H27N5O/c1-4-19-18(22-14(2)13-24-3)21-12-11-20-17-10-9-15-7-5-6-8-16(15)23-17/h5-10,14H,4,11-13H2,1-3H3,(H,20,23)(H2,19,21,22). The fourth-order valence-corrected chi connectivity index (χ4v) is 2.36. The van der Waals surface area contributed by atoms with Crippen LogP contribution >= 0.6 is 0 Å². The second-order valence-corrected chi connectivity index (χ2v) is 5.58. The molecule has 1 aromatic carbocycles. The van der Waals surface area contributed by atoms with Crippen LogP contribution < -0.4 is 16.0 Å². The summed E-state index contributed by atoms with van der Waals surface area (Å²) in [5.41, 5.74) is 0.995. The molecule has 24 heavy (non-hydrogen) atoms. The van der Waals surface area contributed by atoms with Gasteiger partial charge in [-0.3, -0.25) is 4.99 Å². The molecular weight excluding hydrogens is 302 g/mol. The molecule has 1 unspecified atom stereocenters. The molecule has 2 aromatic rings. The van der Waals surface area contributed by atoms with Crippen LogP contribution in [-0.2, 0) is 4.74 Å². The van der Waals surface area contributed by atoms with E-state index in [1.54, 1.807) is 7.11 Å². The van der Waals surface area contributed by atoms with Gasteiger partial charge in [0.05, 0.1) is 18.7 Å². The third-order valence-electron chi connectivity index (χ3n) is 3.43. The number of benzene rings is 1. The number of nitrogens with one attached hydrogen (secondary N) is 3. The fraction of sp³-hybridized carbons (Fsp3) is 0.444. The Morgan fingerprint density at radius 1 is 1.25 bits per heavy atom. The van der Waals surface area contributed by atoms with Crippen LogP contribution in [0.25, 0.3) is 10.9 Å². The Morgan fingerprint density at radius 3 is 2.88 bits per heavy atom. The van der Waals surface area contributed by atoms with E-state index in [0.29, 0.717) is 13.2 Å². The number of ether oxygens (including phenoxy) is 1. The van der Waals surface area contributed by atoms with Crippen LogP contribution in [0.5, 0.6) is 0 Å². The van der Waals surface area contributed by atoms with E-state index in [1.165, 1.54) is 0 Å². The maximum absolute atomic E-state index is 5.14. The van der Waals surface area contributed by atoms with E-state index in [1.807, 2.05) is 24.3 Å². The Hall–Kier alpha value is -2.34. The number of aromatic nitrogens is 1. The minimum Gasteiger partial charge on any atom is -0.383 e. The second kappa shape index (κ2) is 9.72. The maximum atomic E-state index is 5.14. The minimum atomic E-state index is 0.211. The van der Waals surface area contributed by atoms with E-state index in [2.05, 4.69) is 51.9 Å². The van der Waals surface area contributed by atoms with Gasteiger partial charge in [0, 0.05) is 31.6 Å². The number of rotatable bonds is 8. The molecule has 1 atom stereocenters. The van der Waals surface area contributed by atoms with Gasteiger partial charge < -0.3 is 20.7 Å². The lowest BCUT2D eigenvalue weighted by Crippen LogP contribution is -2.44. The predicted molar refractivity (Wildman–Crippen MR) is 101 cm³/mol. The third kappa shape index (κ3) is 5.70. The monoisotopic (exact) mass is 329 g/mol. The summed E-state index contributed by atoms with van der Waals surface area (Å²) in [5, 5.41) is 11.0. The Balaban J connectivity index is 1.85. The number of guanidine groups is 1. The van der Waals surface area contributed by atoms with Crippen molar-refractivity contribution in [1.82, 2.24) is 15.6 Å². The summed E-state index contributed by atoms with van der Waals surface area (Å²) in [6, 6.07) is 12.4. The van der Waals surface area contributed by atoms with E-state index in [9.17, 15) is 0 Å². The molecule has 130 valence electrons. The van der Waals surface area contributed by atoms with Crippen LogP contribution in [0.1, 0.15) is 13.8 Å². The van der Waals surface area contributed by atoms with Crippen molar-refractivity contribution < 1.29 is 4.74 Å². The summed E-state index contributed by atoms with van der Waals surface area (Å²) in [6.45, 7) is 6.96. The molecule has 0 fully saturated rings. The van der Waals surface area contributed by atoms with Crippen molar-refractivity contribution in [1.29, 1.82) is 0 Å². The first-order valence-corrected chi connectivity index (χ1v) is 8.36. The zero-order chi connectivity index (χ0) is 17.2. The van der Waals surface area contributed by atoms with E-state index >= 15 is 0 Å². The van der Waals surface area contributed by atoms with Gasteiger partial charge in [0.1, 0.15) is 5.82 Å². The van der Waals surface area contributed by atoms with Crippen molar-refractivity contribution in [2.75, 3.05) is 38.7 Å². The summed E-state index contributed by atoms with van der Waals surface area (Å²) >= 11 is 0. The first-order chi connectivity index (χ1) is 11.7. The summed E-state index contributed by atoms with van der Waals surface area (Å²) in [5.74, 6) is 1.67. The van der Waals surface area contributed by atoms with Crippen LogP contribution in [0.3, 0.4) is 0 Å². The summed E-state index contributed by atoms with van der Waals surface area (Å²) in [4.78, 5) is 9.16. The zero-order valence-electron chi connectivity index (χ0n) is 14.7. The molecule has 6 nitrogen and oxygen atoms in total. The molecule has 3 N–H and O–H groups in total. The lowest BCUT2D eigenvalue weighted by molar-refractivity contribution is 0.179. The molecule has 0 saturated carbocycles. The zero-order valence-corrected chi connectivity index (χ0v) is 14.7. The largest absolute Gasteiger partial charge is 0.383 e. The molecule has 0 aliphatic rings. The number of hydrogen-bond acceptors (Lipinski definition) is 4. The topological polar surface area (TPSA) is 70.6 Å². The van der Waals surface area contributed by atoms with Crippen molar-refractivity contribution >= 4 is 22.7 Å². The molecule has 6 heteroatoms. The van der Waals surface area contributed by atoms with Gasteiger partial charge in [0.25, 0.3) is 0 Å². The third-order valence-corrected chi connectivity index (χ3v) is 3.43. The molecule has 0 aliphatic heterocycles. The van der Waals surface area contributed by atoms with Crippen molar-refractivity contribution in [3.8, 4) is 0 Å². The quantitative estimate of drug-likeness (QED) is 0.394. The number of hydrogen-bond donors (Lipinski definition) is 3. The Morgan fingerprint density at radius 2 is 2.08 bits per heavy atom. The van der Waals surface area contributed by atoms with E-state index in [-0.39, 0.29) is 6.04 Å². The number of nitrogens with zero attached hydrogens (tertiary/aromatic N) is 2. The van der Waals surface area contributed by atoms with Crippen molar-refractivity contribution in [2.45, 2.75) is 19.9 Å². The second-order valence-electron chi connectivity index (χ2n) is 5.58. The first-order valence-electron chi connectivity index (χ1n) is 8.36.